The summed E-state index contributed by atoms with van der Waals surface area (Å²) < 4.78 is 5.04. The maximum Gasteiger partial charge on any atom is 0.0965 e. The van der Waals surface area contributed by atoms with E-state index in [0.29, 0.717) is 6.42 Å². The summed E-state index contributed by atoms with van der Waals surface area (Å²) in [5, 5.41) is 16.5. The fourth-order valence-corrected chi connectivity index (χ4v) is 4.08. The molecule has 2 aromatic heterocycles. The SMILES string of the molecule is CC(C)(C)c1nnsc1C(O)Cc1sccc1Br. The lowest BCUT2D eigenvalue weighted by Gasteiger charge is -2.18. The Bertz CT molecular complexity index is 530. The minimum atomic E-state index is -0.533. The van der Waals surface area contributed by atoms with Gasteiger partial charge in [-0.05, 0) is 38.9 Å². The lowest BCUT2D eigenvalue weighted by Crippen LogP contribution is -2.16. The first-order valence-electron chi connectivity index (χ1n) is 5.62. The van der Waals surface area contributed by atoms with E-state index in [1.807, 2.05) is 11.4 Å². The van der Waals surface area contributed by atoms with Gasteiger partial charge in [0, 0.05) is 21.2 Å². The van der Waals surface area contributed by atoms with Crippen molar-refractivity contribution in [1.82, 2.24) is 9.59 Å². The maximum atomic E-state index is 10.4. The highest BCUT2D eigenvalue weighted by molar-refractivity contribution is 9.10. The average molecular weight is 347 g/mol. The monoisotopic (exact) mass is 346 g/mol. The van der Waals surface area contributed by atoms with Gasteiger partial charge in [0.1, 0.15) is 0 Å². The number of halogens is 1. The molecule has 0 bridgehead atoms. The molecular formula is C12H15BrN2OS2. The van der Waals surface area contributed by atoms with Gasteiger partial charge in [-0.3, -0.25) is 0 Å². The molecule has 2 aromatic rings. The molecule has 98 valence electrons. The molecule has 0 aliphatic heterocycles. The van der Waals surface area contributed by atoms with E-state index in [-0.39, 0.29) is 5.41 Å². The number of hydrogen-bond donors (Lipinski definition) is 1. The molecule has 3 nitrogen and oxygen atoms in total. The van der Waals surface area contributed by atoms with Crippen molar-refractivity contribution >= 4 is 38.8 Å². The Morgan fingerprint density at radius 3 is 2.72 bits per heavy atom. The summed E-state index contributed by atoms with van der Waals surface area (Å²) in [5.41, 5.74) is 0.809. The van der Waals surface area contributed by atoms with Gasteiger partial charge in [0.25, 0.3) is 0 Å². The van der Waals surface area contributed by atoms with Crippen LogP contribution in [-0.4, -0.2) is 14.7 Å². The van der Waals surface area contributed by atoms with Crippen molar-refractivity contribution in [2.24, 2.45) is 0 Å². The molecule has 0 radical (unpaired) electrons. The highest BCUT2D eigenvalue weighted by Crippen LogP contribution is 2.34. The van der Waals surface area contributed by atoms with Crippen LogP contribution >= 0.6 is 38.8 Å². The van der Waals surface area contributed by atoms with E-state index in [0.717, 1.165) is 19.9 Å². The zero-order valence-corrected chi connectivity index (χ0v) is 13.7. The van der Waals surface area contributed by atoms with Crippen molar-refractivity contribution in [2.75, 3.05) is 0 Å². The van der Waals surface area contributed by atoms with Crippen LogP contribution in [0.2, 0.25) is 0 Å². The van der Waals surface area contributed by atoms with Crippen LogP contribution < -0.4 is 0 Å². The summed E-state index contributed by atoms with van der Waals surface area (Å²) in [6, 6.07) is 2.00. The Kier molecular flexibility index (Phi) is 4.21. The Labute approximate surface area is 123 Å². The normalized spacial score (nSPS) is 13.8. The van der Waals surface area contributed by atoms with Crippen LogP contribution in [0.4, 0.5) is 0 Å². The molecule has 1 atom stereocenters. The number of hydrogen-bond acceptors (Lipinski definition) is 5. The molecule has 0 fully saturated rings. The number of thiophene rings is 1. The minimum absolute atomic E-state index is 0.0873. The first kappa shape index (κ1) is 14.1. The molecule has 18 heavy (non-hydrogen) atoms. The van der Waals surface area contributed by atoms with Gasteiger partial charge in [0.15, 0.2) is 0 Å². The van der Waals surface area contributed by atoms with Crippen LogP contribution in [0, 0.1) is 0 Å². The third-order valence-corrected chi connectivity index (χ3v) is 5.37. The second-order valence-electron chi connectivity index (χ2n) is 5.15. The van der Waals surface area contributed by atoms with Crippen LogP contribution in [-0.2, 0) is 11.8 Å². The quantitative estimate of drug-likeness (QED) is 0.915. The van der Waals surface area contributed by atoms with Gasteiger partial charge < -0.3 is 5.11 Å². The zero-order chi connectivity index (χ0) is 13.3. The van der Waals surface area contributed by atoms with Crippen molar-refractivity contribution in [3.8, 4) is 0 Å². The number of aliphatic hydroxyl groups excluding tert-OH is 1. The molecule has 0 saturated heterocycles. The smallest absolute Gasteiger partial charge is 0.0965 e. The average Bonchev–Trinajstić information content (AvgIpc) is 2.86. The van der Waals surface area contributed by atoms with Crippen LogP contribution in [0.15, 0.2) is 15.9 Å². The van der Waals surface area contributed by atoms with E-state index in [4.69, 9.17) is 0 Å². The molecule has 0 aliphatic rings. The van der Waals surface area contributed by atoms with E-state index in [2.05, 4.69) is 46.3 Å². The number of rotatable bonds is 3. The summed E-state index contributed by atoms with van der Waals surface area (Å²) in [7, 11) is 0. The topological polar surface area (TPSA) is 46.0 Å². The Morgan fingerprint density at radius 1 is 1.44 bits per heavy atom. The van der Waals surface area contributed by atoms with Gasteiger partial charge in [0.2, 0.25) is 0 Å². The molecule has 1 unspecified atom stereocenters. The lowest BCUT2D eigenvalue weighted by molar-refractivity contribution is 0.180. The van der Waals surface area contributed by atoms with Gasteiger partial charge in [-0.25, -0.2) is 0 Å². The van der Waals surface area contributed by atoms with Gasteiger partial charge >= 0.3 is 0 Å². The molecule has 2 rings (SSSR count). The fourth-order valence-electron chi connectivity index (χ4n) is 1.68. The predicted octanol–water partition coefficient (Wildman–Crippen LogP) is 3.94. The van der Waals surface area contributed by atoms with Crippen molar-refractivity contribution in [3.05, 3.63) is 31.4 Å². The van der Waals surface area contributed by atoms with Gasteiger partial charge in [-0.2, -0.15) is 0 Å². The third-order valence-electron chi connectivity index (χ3n) is 2.60. The van der Waals surface area contributed by atoms with Crippen molar-refractivity contribution in [1.29, 1.82) is 0 Å². The second-order valence-corrected chi connectivity index (χ2v) is 7.79. The maximum absolute atomic E-state index is 10.4. The highest BCUT2D eigenvalue weighted by atomic mass is 79.9. The van der Waals surface area contributed by atoms with Crippen LogP contribution in [0.1, 0.15) is 42.3 Å². The standard InChI is InChI=1S/C12H15BrN2OS2/c1-12(2,3)11-10(18-15-14-11)8(16)6-9-7(13)4-5-17-9/h4-5,8,16H,6H2,1-3H3. The first-order chi connectivity index (χ1) is 8.39. The van der Waals surface area contributed by atoms with E-state index < -0.39 is 6.10 Å². The van der Waals surface area contributed by atoms with E-state index >= 15 is 0 Å². The molecule has 2 heterocycles. The second kappa shape index (κ2) is 5.36. The minimum Gasteiger partial charge on any atom is -0.387 e. The molecule has 6 heteroatoms. The predicted molar refractivity (Wildman–Crippen MR) is 79.3 cm³/mol. The molecule has 0 aliphatic carbocycles. The largest absolute Gasteiger partial charge is 0.387 e. The van der Waals surface area contributed by atoms with E-state index in [1.165, 1.54) is 11.5 Å². The zero-order valence-electron chi connectivity index (χ0n) is 10.5. The molecular weight excluding hydrogens is 332 g/mol. The van der Waals surface area contributed by atoms with Gasteiger partial charge in [-0.15, -0.1) is 16.4 Å². The van der Waals surface area contributed by atoms with E-state index in [1.54, 1.807) is 11.3 Å². The summed E-state index contributed by atoms with van der Waals surface area (Å²) >= 11 is 6.42. The Hall–Kier alpha value is -0.300. The number of aromatic nitrogens is 2. The Morgan fingerprint density at radius 2 is 2.17 bits per heavy atom. The molecule has 0 spiro atoms. The summed E-state index contributed by atoms with van der Waals surface area (Å²) in [5.74, 6) is 0. The first-order valence-corrected chi connectivity index (χ1v) is 8.07. The fraction of sp³-hybridized carbons (Fsp3) is 0.500. The summed E-state index contributed by atoms with van der Waals surface area (Å²) in [4.78, 5) is 2.03. The van der Waals surface area contributed by atoms with Crippen molar-refractivity contribution in [2.45, 2.75) is 38.7 Å². The van der Waals surface area contributed by atoms with Crippen LogP contribution in [0.25, 0.3) is 0 Å². The van der Waals surface area contributed by atoms with Crippen LogP contribution in [0.5, 0.6) is 0 Å². The molecule has 0 saturated carbocycles. The van der Waals surface area contributed by atoms with Crippen molar-refractivity contribution < 1.29 is 5.11 Å². The summed E-state index contributed by atoms with van der Waals surface area (Å²) in [6.07, 6.45) is 0.0692. The van der Waals surface area contributed by atoms with Gasteiger partial charge in [-0.1, -0.05) is 25.3 Å². The summed E-state index contributed by atoms with van der Waals surface area (Å²) in [6.45, 7) is 6.25. The number of aliphatic hydroxyl groups is 1. The third kappa shape index (κ3) is 2.99. The molecule has 1 N–H and O–H groups in total. The molecule has 0 amide bonds. The van der Waals surface area contributed by atoms with Gasteiger partial charge in [0.05, 0.1) is 16.7 Å². The lowest BCUT2D eigenvalue weighted by atomic mass is 9.90. The van der Waals surface area contributed by atoms with Crippen molar-refractivity contribution in [3.63, 3.8) is 0 Å². The van der Waals surface area contributed by atoms with E-state index in [9.17, 15) is 5.11 Å². The number of nitrogens with zero attached hydrogens (tertiary/aromatic N) is 2. The highest BCUT2D eigenvalue weighted by Gasteiger charge is 2.26. The van der Waals surface area contributed by atoms with Crippen LogP contribution in [0.3, 0.4) is 0 Å². The molecule has 0 aromatic carbocycles. The Balaban J connectivity index is 2.22.